The molecule has 2 aliphatic rings. The van der Waals surface area contributed by atoms with Gasteiger partial charge in [-0.3, -0.25) is 4.79 Å². The van der Waals surface area contributed by atoms with Gasteiger partial charge in [0.15, 0.2) is 0 Å². The van der Waals surface area contributed by atoms with E-state index in [0.717, 1.165) is 19.4 Å². The number of carboxylic acids is 1. The van der Waals surface area contributed by atoms with Gasteiger partial charge in [0, 0.05) is 31.6 Å². The van der Waals surface area contributed by atoms with E-state index < -0.39 is 5.97 Å². The maximum absolute atomic E-state index is 12.1. The molecule has 5 nitrogen and oxygen atoms in total. The quantitative estimate of drug-likeness (QED) is 0.790. The fourth-order valence-corrected chi connectivity index (χ4v) is 2.59. The zero-order chi connectivity index (χ0) is 12.6. The SMILES string of the molecule is CC(C(=O)O)C1CN(C(=O)N2CCCC2C)C1. The van der Waals surface area contributed by atoms with E-state index in [1.807, 2.05) is 4.90 Å². The number of carboxylic acid groups (broad SMARTS) is 1. The van der Waals surface area contributed by atoms with E-state index in [0.29, 0.717) is 19.1 Å². The topological polar surface area (TPSA) is 60.9 Å². The Hall–Kier alpha value is -1.26. The third-order valence-electron chi connectivity index (χ3n) is 4.08. The van der Waals surface area contributed by atoms with Crippen LogP contribution in [0, 0.1) is 11.8 Å². The van der Waals surface area contributed by atoms with E-state index in [1.54, 1.807) is 11.8 Å². The number of urea groups is 1. The van der Waals surface area contributed by atoms with Crippen molar-refractivity contribution < 1.29 is 14.7 Å². The maximum Gasteiger partial charge on any atom is 0.320 e. The molecular weight excluding hydrogens is 220 g/mol. The van der Waals surface area contributed by atoms with E-state index in [1.165, 1.54) is 0 Å². The monoisotopic (exact) mass is 240 g/mol. The van der Waals surface area contributed by atoms with Gasteiger partial charge >= 0.3 is 12.0 Å². The number of carbonyl (C=O) groups is 2. The van der Waals surface area contributed by atoms with Crippen molar-refractivity contribution in [3.05, 3.63) is 0 Å². The summed E-state index contributed by atoms with van der Waals surface area (Å²) in [7, 11) is 0. The second kappa shape index (κ2) is 4.55. The average Bonchev–Trinajstić information content (AvgIpc) is 2.61. The van der Waals surface area contributed by atoms with Gasteiger partial charge < -0.3 is 14.9 Å². The molecule has 0 saturated carbocycles. The number of carbonyl (C=O) groups excluding carboxylic acids is 1. The fourth-order valence-electron chi connectivity index (χ4n) is 2.59. The van der Waals surface area contributed by atoms with E-state index in [-0.39, 0.29) is 17.9 Å². The second-order valence-electron chi connectivity index (χ2n) is 5.26. The summed E-state index contributed by atoms with van der Waals surface area (Å²) in [4.78, 5) is 26.6. The Balaban J connectivity index is 1.83. The molecule has 0 bridgehead atoms. The van der Waals surface area contributed by atoms with Gasteiger partial charge in [0.05, 0.1) is 5.92 Å². The molecule has 2 fully saturated rings. The largest absolute Gasteiger partial charge is 0.481 e. The summed E-state index contributed by atoms with van der Waals surface area (Å²) >= 11 is 0. The molecule has 5 heteroatoms. The van der Waals surface area contributed by atoms with E-state index in [4.69, 9.17) is 5.11 Å². The molecule has 2 amide bonds. The van der Waals surface area contributed by atoms with Crippen LogP contribution in [0.3, 0.4) is 0 Å². The zero-order valence-electron chi connectivity index (χ0n) is 10.4. The number of nitrogens with zero attached hydrogens (tertiary/aromatic N) is 2. The van der Waals surface area contributed by atoms with Crippen molar-refractivity contribution in [2.45, 2.75) is 32.7 Å². The Labute approximate surface area is 101 Å². The van der Waals surface area contributed by atoms with Crippen molar-refractivity contribution >= 4 is 12.0 Å². The predicted octanol–water partition coefficient (Wildman–Crippen LogP) is 1.24. The summed E-state index contributed by atoms with van der Waals surface area (Å²) in [5.74, 6) is -0.999. The van der Waals surface area contributed by atoms with Crippen molar-refractivity contribution in [3.63, 3.8) is 0 Å². The van der Waals surface area contributed by atoms with E-state index in [2.05, 4.69) is 6.92 Å². The summed E-state index contributed by atoms with van der Waals surface area (Å²) in [5, 5.41) is 8.88. The molecule has 0 aliphatic carbocycles. The first-order valence-corrected chi connectivity index (χ1v) is 6.29. The van der Waals surface area contributed by atoms with Gasteiger partial charge in [0.25, 0.3) is 0 Å². The van der Waals surface area contributed by atoms with Crippen LogP contribution in [-0.4, -0.2) is 52.6 Å². The van der Waals surface area contributed by atoms with Gasteiger partial charge in [0.1, 0.15) is 0 Å². The van der Waals surface area contributed by atoms with Gasteiger partial charge in [-0.05, 0) is 19.8 Å². The molecule has 0 aromatic rings. The van der Waals surface area contributed by atoms with Crippen LogP contribution >= 0.6 is 0 Å². The molecular formula is C12H20N2O3. The number of hydrogen-bond acceptors (Lipinski definition) is 2. The van der Waals surface area contributed by atoms with E-state index in [9.17, 15) is 9.59 Å². The van der Waals surface area contributed by atoms with Crippen molar-refractivity contribution in [1.29, 1.82) is 0 Å². The molecule has 0 aromatic heterocycles. The van der Waals surface area contributed by atoms with Gasteiger partial charge in [-0.2, -0.15) is 0 Å². The molecule has 2 unspecified atom stereocenters. The van der Waals surface area contributed by atoms with Crippen LogP contribution in [0.15, 0.2) is 0 Å². The highest BCUT2D eigenvalue weighted by atomic mass is 16.4. The highest BCUT2D eigenvalue weighted by Crippen LogP contribution is 2.27. The molecule has 17 heavy (non-hydrogen) atoms. The summed E-state index contributed by atoms with van der Waals surface area (Å²) in [6.45, 7) is 5.82. The van der Waals surface area contributed by atoms with Crippen LogP contribution in [0.4, 0.5) is 4.79 Å². The lowest BCUT2D eigenvalue weighted by Crippen LogP contribution is -2.57. The lowest BCUT2D eigenvalue weighted by Gasteiger charge is -2.43. The number of rotatable bonds is 2. The van der Waals surface area contributed by atoms with Crippen molar-refractivity contribution in [2.24, 2.45) is 11.8 Å². The van der Waals surface area contributed by atoms with Crippen LogP contribution in [0.1, 0.15) is 26.7 Å². The van der Waals surface area contributed by atoms with Crippen LogP contribution in [0.25, 0.3) is 0 Å². The molecule has 2 atom stereocenters. The molecule has 2 saturated heterocycles. The van der Waals surface area contributed by atoms with Crippen molar-refractivity contribution in [3.8, 4) is 0 Å². The number of likely N-dealkylation sites (tertiary alicyclic amines) is 2. The van der Waals surface area contributed by atoms with Gasteiger partial charge in [0.2, 0.25) is 0 Å². The van der Waals surface area contributed by atoms with Crippen molar-refractivity contribution in [2.75, 3.05) is 19.6 Å². The van der Waals surface area contributed by atoms with Gasteiger partial charge in [-0.1, -0.05) is 6.92 Å². The average molecular weight is 240 g/mol. The first-order valence-electron chi connectivity index (χ1n) is 6.29. The Morgan fingerprint density at radius 3 is 2.47 bits per heavy atom. The lowest BCUT2D eigenvalue weighted by atomic mass is 9.87. The van der Waals surface area contributed by atoms with Gasteiger partial charge in [-0.15, -0.1) is 0 Å². The minimum absolute atomic E-state index is 0.0869. The second-order valence-corrected chi connectivity index (χ2v) is 5.26. The minimum atomic E-state index is -0.767. The Morgan fingerprint density at radius 2 is 2.00 bits per heavy atom. The summed E-state index contributed by atoms with van der Waals surface area (Å²) in [6, 6.07) is 0.419. The minimum Gasteiger partial charge on any atom is -0.481 e. The molecule has 2 rings (SSSR count). The third kappa shape index (κ3) is 2.23. The van der Waals surface area contributed by atoms with E-state index >= 15 is 0 Å². The predicted molar refractivity (Wildman–Crippen MR) is 62.7 cm³/mol. The van der Waals surface area contributed by atoms with Crippen LogP contribution < -0.4 is 0 Å². The molecule has 2 heterocycles. The Bertz CT molecular complexity index is 326. The molecule has 96 valence electrons. The first kappa shape index (κ1) is 12.2. The highest BCUT2D eigenvalue weighted by molar-refractivity contribution is 5.77. The first-order chi connectivity index (χ1) is 8.00. The number of hydrogen-bond donors (Lipinski definition) is 1. The summed E-state index contributed by atoms with van der Waals surface area (Å²) in [5.41, 5.74) is 0. The fraction of sp³-hybridized carbons (Fsp3) is 0.833. The molecule has 0 aromatic carbocycles. The molecule has 1 N–H and O–H groups in total. The van der Waals surface area contributed by atoms with Crippen LogP contribution in [0.2, 0.25) is 0 Å². The number of aliphatic carboxylic acids is 1. The van der Waals surface area contributed by atoms with Crippen LogP contribution in [0.5, 0.6) is 0 Å². The Morgan fingerprint density at radius 1 is 1.35 bits per heavy atom. The molecule has 2 aliphatic heterocycles. The van der Waals surface area contributed by atoms with Crippen molar-refractivity contribution in [1.82, 2.24) is 9.80 Å². The smallest absolute Gasteiger partial charge is 0.320 e. The van der Waals surface area contributed by atoms with Gasteiger partial charge in [-0.25, -0.2) is 4.79 Å². The number of amides is 2. The zero-order valence-corrected chi connectivity index (χ0v) is 10.4. The highest BCUT2D eigenvalue weighted by Gasteiger charge is 2.40. The summed E-state index contributed by atoms with van der Waals surface area (Å²) < 4.78 is 0. The summed E-state index contributed by atoms with van der Waals surface area (Å²) in [6.07, 6.45) is 2.16. The molecule has 0 radical (unpaired) electrons. The maximum atomic E-state index is 12.1. The third-order valence-corrected chi connectivity index (χ3v) is 4.08. The molecule has 0 spiro atoms. The normalized spacial score (nSPS) is 26.8. The Kier molecular flexibility index (Phi) is 3.26. The standard InChI is InChI=1S/C12H20N2O3/c1-8-4-3-5-14(8)12(17)13-6-10(7-13)9(2)11(15)16/h8-10H,3-7H2,1-2H3,(H,15,16). The lowest BCUT2D eigenvalue weighted by molar-refractivity contribution is -0.144. The van der Waals surface area contributed by atoms with Crippen LogP contribution in [-0.2, 0) is 4.79 Å².